The van der Waals surface area contributed by atoms with Gasteiger partial charge in [-0.2, -0.15) is 5.10 Å². The van der Waals surface area contributed by atoms with Crippen molar-refractivity contribution >= 4 is 18.0 Å². The molecule has 0 radical (unpaired) electrons. The first kappa shape index (κ1) is 17.2. The normalized spacial score (nSPS) is 10.4. The van der Waals surface area contributed by atoms with Crippen LogP contribution in [0.5, 0.6) is 5.75 Å². The Bertz CT molecular complexity index is 697. The molecule has 2 N–H and O–H groups in total. The molecule has 0 spiro atoms. The van der Waals surface area contributed by atoms with Crippen LogP contribution in [0.15, 0.2) is 59.7 Å². The van der Waals surface area contributed by atoms with E-state index in [1.54, 1.807) is 19.2 Å². The Morgan fingerprint density at radius 2 is 1.75 bits per heavy atom. The Morgan fingerprint density at radius 1 is 1.04 bits per heavy atom. The first-order valence-electron chi connectivity index (χ1n) is 7.44. The maximum Gasteiger partial charge on any atom is 0.259 e. The van der Waals surface area contributed by atoms with E-state index in [1.165, 1.54) is 6.21 Å². The van der Waals surface area contributed by atoms with E-state index in [2.05, 4.69) is 15.8 Å². The van der Waals surface area contributed by atoms with E-state index in [-0.39, 0.29) is 24.8 Å². The molecule has 0 heterocycles. The molecule has 6 nitrogen and oxygen atoms in total. The zero-order chi connectivity index (χ0) is 17.2. The van der Waals surface area contributed by atoms with Crippen molar-refractivity contribution < 1.29 is 14.3 Å². The summed E-state index contributed by atoms with van der Waals surface area (Å²) in [5.41, 5.74) is 4.08. The second-order valence-corrected chi connectivity index (χ2v) is 5.01. The third kappa shape index (κ3) is 5.92. The highest BCUT2D eigenvalue weighted by Gasteiger charge is 2.06. The smallest absolute Gasteiger partial charge is 0.259 e. The molecule has 0 atom stereocenters. The van der Waals surface area contributed by atoms with E-state index in [1.807, 2.05) is 42.5 Å². The molecule has 0 saturated carbocycles. The molecule has 2 aromatic rings. The van der Waals surface area contributed by atoms with Crippen LogP contribution in [0.25, 0.3) is 0 Å². The van der Waals surface area contributed by atoms with Crippen molar-refractivity contribution in [1.82, 2.24) is 10.7 Å². The zero-order valence-corrected chi connectivity index (χ0v) is 13.4. The predicted octanol–water partition coefficient (Wildman–Crippen LogP) is 1.50. The molecule has 0 aliphatic rings. The lowest BCUT2D eigenvalue weighted by molar-refractivity contribution is -0.125. The molecule has 0 aliphatic heterocycles. The first-order valence-corrected chi connectivity index (χ1v) is 7.44. The van der Waals surface area contributed by atoms with Crippen molar-refractivity contribution in [2.75, 3.05) is 13.7 Å². The highest BCUT2D eigenvalue weighted by atomic mass is 16.5. The Hall–Kier alpha value is -3.15. The van der Waals surface area contributed by atoms with Gasteiger partial charge in [0.15, 0.2) is 0 Å². The van der Waals surface area contributed by atoms with Gasteiger partial charge in [0.1, 0.15) is 5.75 Å². The van der Waals surface area contributed by atoms with Crippen LogP contribution in [0.1, 0.15) is 11.1 Å². The van der Waals surface area contributed by atoms with Crippen molar-refractivity contribution in [1.29, 1.82) is 0 Å². The van der Waals surface area contributed by atoms with E-state index in [0.29, 0.717) is 0 Å². The number of ether oxygens (including phenoxy) is 1. The van der Waals surface area contributed by atoms with Crippen molar-refractivity contribution in [2.45, 2.75) is 6.42 Å². The highest BCUT2D eigenvalue weighted by Crippen LogP contribution is 2.11. The second-order valence-electron chi connectivity index (χ2n) is 5.01. The summed E-state index contributed by atoms with van der Waals surface area (Å²) in [7, 11) is 1.58. The molecule has 0 unspecified atom stereocenters. The summed E-state index contributed by atoms with van der Waals surface area (Å²) in [6.45, 7) is -0.124. The number of nitrogens with one attached hydrogen (secondary N) is 2. The maximum absolute atomic E-state index is 11.8. The zero-order valence-electron chi connectivity index (χ0n) is 13.4. The maximum atomic E-state index is 11.8. The summed E-state index contributed by atoms with van der Waals surface area (Å²) in [4.78, 5) is 23.4. The van der Waals surface area contributed by atoms with Crippen molar-refractivity contribution in [3.05, 3.63) is 65.7 Å². The number of methoxy groups -OCH3 is 1. The number of nitrogens with zero attached hydrogens (tertiary/aromatic N) is 1. The molecule has 124 valence electrons. The third-order valence-corrected chi connectivity index (χ3v) is 3.17. The number of hydrogen-bond acceptors (Lipinski definition) is 4. The average molecular weight is 325 g/mol. The monoisotopic (exact) mass is 325 g/mol. The molecule has 0 saturated heterocycles. The number of benzene rings is 2. The fourth-order valence-corrected chi connectivity index (χ4v) is 1.93. The van der Waals surface area contributed by atoms with Crippen molar-refractivity contribution in [3.8, 4) is 5.75 Å². The van der Waals surface area contributed by atoms with E-state index in [0.717, 1.165) is 16.9 Å². The standard InChI is InChI=1S/C18H19N3O3/c1-24-16-9-7-14(8-10-16)11-17(22)19-13-18(23)21-20-12-15-5-3-2-4-6-15/h2-10,12H,11,13H2,1H3,(H,19,22)(H,21,23)/b20-12+. The van der Waals surface area contributed by atoms with E-state index in [4.69, 9.17) is 4.74 Å². The molecular formula is C18H19N3O3. The van der Waals surface area contributed by atoms with Crippen LogP contribution in [-0.2, 0) is 16.0 Å². The minimum Gasteiger partial charge on any atom is -0.497 e. The Kier molecular flexibility index (Phi) is 6.52. The van der Waals surface area contributed by atoms with Crippen LogP contribution in [0.4, 0.5) is 0 Å². The van der Waals surface area contributed by atoms with Gasteiger partial charge in [0.25, 0.3) is 5.91 Å². The number of rotatable bonds is 7. The minimum absolute atomic E-state index is 0.124. The van der Waals surface area contributed by atoms with E-state index < -0.39 is 0 Å². The van der Waals surface area contributed by atoms with Gasteiger partial charge in [-0.1, -0.05) is 42.5 Å². The van der Waals surface area contributed by atoms with Gasteiger partial charge in [0.05, 0.1) is 26.3 Å². The van der Waals surface area contributed by atoms with Crippen molar-refractivity contribution in [3.63, 3.8) is 0 Å². The Balaban J connectivity index is 1.70. The van der Waals surface area contributed by atoms with Crippen LogP contribution in [-0.4, -0.2) is 31.7 Å². The summed E-state index contributed by atoms with van der Waals surface area (Å²) >= 11 is 0. The summed E-state index contributed by atoms with van der Waals surface area (Å²) in [5, 5.41) is 6.38. The lowest BCUT2D eigenvalue weighted by atomic mass is 10.1. The molecular weight excluding hydrogens is 306 g/mol. The van der Waals surface area contributed by atoms with E-state index >= 15 is 0 Å². The highest BCUT2D eigenvalue weighted by molar-refractivity contribution is 5.86. The number of carbonyl (C=O) groups excluding carboxylic acids is 2. The van der Waals surface area contributed by atoms with Gasteiger partial charge in [0, 0.05) is 0 Å². The first-order chi connectivity index (χ1) is 11.7. The summed E-state index contributed by atoms with van der Waals surface area (Å²) in [5.74, 6) is 0.113. The number of amides is 2. The average Bonchev–Trinajstić information content (AvgIpc) is 2.61. The summed E-state index contributed by atoms with van der Waals surface area (Å²) < 4.78 is 5.06. The van der Waals surface area contributed by atoms with Gasteiger partial charge < -0.3 is 10.1 Å². The number of hydrazone groups is 1. The SMILES string of the molecule is COc1ccc(CC(=O)NCC(=O)N/N=C/c2ccccc2)cc1. The van der Waals surface area contributed by atoms with Crippen LogP contribution in [0.2, 0.25) is 0 Å². The quantitative estimate of drug-likeness (QED) is 0.598. The fraction of sp³-hybridized carbons (Fsp3) is 0.167. The molecule has 2 aromatic carbocycles. The van der Waals surface area contributed by atoms with Crippen LogP contribution < -0.4 is 15.5 Å². The third-order valence-electron chi connectivity index (χ3n) is 3.17. The lowest BCUT2D eigenvalue weighted by Gasteiger charge is -2.05. The minimum atomic E-state index is -0.384. The van der Waals surface area contributed by atoms with Gasteiger partial charge in [-0.25, -0.2) is 5.43 Å². The molecule has 2 amide bonds. The van der Waals surface area contributed by atoms with Crippen LogP contribution in [0, 0.1) is 0 Å². The molecule has 0 aromatic heterocycles. The Morgan fingerprint density at radius 3 is 2.42 bits per heavy atom. The van der Waals surface area contributed by atoms with Gasteiger partial charge in [-0.05, 0) is 23.3 Å². The number of carbonyl (C=O) groups is 2. The van der Waals surface area contributed by atoms with Gasteiger partial charge in [-0.15, -0.1) is 0 Å². The second kappa shape index (κ2) is 9.09. The summed E-state index contributed by atoms with van der Waals surface area (Å²) in [6, 6.07) is 16.6. The molecule has 6 heteroatoms. The number of hydrogen-bond donors (Lipinski definition) is 2. The van der Waals surface area contributed by atoms with E-state index in [9.17, 15) is 9.59 Å². The largest absolute Gasteiger partial charge is 0.497 e. The summed E-state index contributed by atoms with van der Waals surface area (Å²) in [6.07, 6.45) is 1.74. The fourth-order valence-electron chi connectivity index (χ4n) is 1.93. The molecule has 24 heavy (non-hydrogen) atoms. The molecule has 0 bridgehead atoms. The van der Waals surface area contributed by atoms with Gasteiger partial charge >= 0.3 is 0 Å². The van der Waals surface area contributed by atoms with Crippen LogP contribution in [0.3, 0.4) is 0 Å². The molecule has 0 fully saturated rings. The molecule has 0 aliphatic carbocycles. The van der Waals surface area contributed by atoms with Gasteiger partial charge in [-0.3, -0.25) is 9.59 Å². The topological polar surface area (TPSA) is 79.8 Å². The molecule has 2 rings (SSSR count). The predicted molar refractivity (Wildman–Crippen MR) is 91.9 cm³/mol. The lowest BCUT2D eigenvalue weighted by Crippen LogP contribution is -2.35. The van der Waals surface area contributed by atoms with Crippen LogP contribution >= 0.6 is 0 Å². The van der Waals surface area contributed by atoms with Gasteiger partial charge in [0.2, 0.25) is 5.91 Å². The van der Waals surface area contributed by atoms with Crippen molar-refractivity contribution in [2.24, 2.45) is 5.10 Å². The Labute approximate surface area is 140 Å².